The predicted molar refractivity (Wildman–Crippen MR) is 155 cm³/mol. The van der Waals surface area contributed by atoms with Crippen molar-refractivity contribution in [1.29, 1.82) is 0 Å². The lowest BCUT2D eigenvalue weighted by Gasteiger charge is -2.11. The van der Waals surface area contributed by atoms with Crippen LogP contribution in [0, 0.1) is 0 Å². The van der Waals surface area contributed by atoms with Crippen LogP contribution in [0.4, 0.5) is 5.13 Å². The number of benzene rings is 2. The van der Waals surface area contributed by atoms with Crippen LogP contribution in [0.5, 0.6) is 5.75 Å². The molecule has 0 radical (unpaired) electrons. The highest BCUT2D eigenvalue weighted by molar-refractivity contribution is 8.01. The third-order valence-electron chi connectivity index (χ3n) is 5.26. The minimum Gasteiger partial charge on any atom is -0.494 e. The molecule has 0 unspecified atom stereocenters. The topological polar surface area (TPSA) is 124 Å². The van der Waals surface area contributed by atoms with E-state index in [1.165, 1.54) is 23.1 Å². The first kappa shape index (κ1) is 28.6. The molecule has 2 aromatic heterocycles. The van der Waals surface area contributed by atoms with Gasteiger partial charge in [-0.2, -0.15) is 0 Å². The first-order valence-electron chi connectivity index (χ1n) is 12.5. The molecule has 0 saturated heterocycles. The van der Waals surface area contributed by atoms with E-state index in [-0.39, 0.29) is 24.1 Å². The number of carbonyl (C=O) groups is 2. The van der Waals surface area contributed by atoms with Crippen LogP contribution in [0.1, 0.15) is 42.9 Å². The predicted octanol–water partition coefficient (Wildman–Crippen LogP) is 5.07. The molecule has 39 heavy (non-hydrogen) atoms. The Labute approximate surface area is 239 Å². The highest BCUT2D eigenvalue weighted by Gasteiger charge is 2.18. The summed E-state index contributed by atoms with van der Waals surface area (Å²) < 4.78 is 8.32. The van der Waals surface area contributed by atoms with Gasteiger partial charge in [0.05, 0.1) is 18.9 Å². The Morgan fingerprint density at radius 3 is 2.51 bits per heavy atom. The van der Waals surface area contributed by atoms with Crippen molar-refractivity contribution in [3.05, 3.63) is 66.0 Å². The van der Waals surface area contributed by atoms with Gasteiger partial charge < -0.3 is 10.1 Å². The standard InChI is InChI=1S/C26H29N7O3S3/c1-3-5-15-36-20-13-11-18(12-14-20)23(35)27-16-21-29-31-25(33(21)19-9-7-6-8-10-19)38-17-22(34)28-24-30-32-26(39-24)37-4-2/h6-14H,3-5,15-17H2,1-2H3,(H,27,35)(H,28,30,34). The number of amides is 2. The van der Waals surface area contributed by atoms with Gasteiger partial charge in [0, 0.05) is 11.3 Å². The van der Waals surface area contributed by atoms with E-state index >= 15 is 0 Å². The molecule has 0 aliphatic heterocycles. The molecule has 13 heteroatoms. The van der Waals surface area contributed by atoms with Crippen LogP contribution >= 0.6 is 34.9 Å². The van der Waals surface area contributed by atoms with Gasteiger partial charge >= 0.3 is 0 Å². The first-order valence-corrected chi connectivity index (χ1v) is 15.3. The SMILES string of the molecule is CCCCOc1ccc(C(=O)NCc2nnc(SCC(=O)Nc3nnc(SCC)s3)n2-c2ccccc2)cc1. The largest absolute Gasteiger partial charge is 0.494 e. The lowest BCUT2D eigenvalue weighted by Crippen LogP contribution is -2.24. The van der Waals surface area contributed by atoms with Crippen LogP contribution in [0.2, 0.25) is 0 Å². The Bertz CT molecular complexity index is 1360. The quantitative estimate of drug-likeness (QED) is 0.119. The summed E-state index contributed by atoms with van der Waals surface area (Å²) in [6, 6.07) is 16.6. The van der Waals surface area contributed by atoms with Gasteiger partial charge in [0.2, 0.25) is 11.0 Å². The zero-order valence-electron chi connectivity index (χ0n) is 21.6. The maximum absolute atomic E-state index is 12.8. The van der Waals surface area contributed by atoms with Crippen LogP contribution in [-0.2, 0) is 11.3 Å². The third kappa shape index (κ3) is 8.28. The molecule has 0 bridgehead atoms. The maximum Gasteiger partial charge on any atom is 0.251 e. The fourth-order valence-corrected chi connectivity index (χ4v) is 5.81. The van der Waals surface area contributed by atoms with Crippen molar-refractivity contribution in [1.82, 2.24) is 30.3 Å². The molecule has 0 aliphatic rings. The van der Waals surface area contributed by atoms with Gasteiger partial charge in [-0.05, 0) is 48.6 Å². The summed E-state index contributed by atoms with van der Waals surface area (Å²) in [6.07, 6.45) is 2.04. The molecule has 0 saturated carbocycles. The van der Waals surface area contributed by atoms with Crippen LogP contribution < -0.4 is 15.4 Å². The van der Waals surface area contributed by atoms with Gasteiger partial charge in [0.25, 0.3) is 5.91 Å². The number of aromatic nitrogens is 5. The molecule has 2 heterocycles. The number of hydrogen-bond donors (Lipinski definition) is 2. The highest BCUT2D eigenvalue weighted by Crippen LogP contribution is 2.26. The van der Waals surface area contributed by atoms with Crippen molar-refractivity contribution < 1.29 is 14.3 Å². The second-order valence-electron chi connectivity index (χ2n) is 8.12. The molecule has 4 aromatic rings. The average Bonchev–Trinajstić information content (AvgIpc) is 3.58. The molecule has 204 valence electrons. The summed E-state index contributed by atoms with van der Waals surface area (Å²) in [6.45, 7) is 4.95. The Balaban J connectivity index is 1.39. The Kier molecular flexibility index (Phi) is 10.7. The van der Waals surface area contributed by atoms with Crippen LogP contribution in [0.3, 0.4) is 0 Å². The fraction of sp³-hybridized carbons (Fsp3) is 0.308. The zero-order chi connectivity index (χ0) is 27.5. The summed E-state index contributed by atoms with van der Waals surface area (Å²) >= 11 is 4.17. The van der Waals surface area contributed by atoms with Crippen molar-refractivity contribution >= 4 is 51.8 Å². The Morgan fingerprint density at radius 2 is 1.77 bits per heavy atom. The van der Waals surface area contributed by atoms with Gasteiger partial charge in [0.1, 0.15) is 5.75 Å². The van der Waals surface area contributed by atoms with E-state index < -0.39 is 0 Å². The molecule has 0 atom stereocenters. The molecular weight excluding hydrogens is 555 g/mol. The van der Waals surface area contributed by atoms with Gasteiger partial charge in [-0.3, -0.25) is 19.5 Å². The van der Waals surface area contributed by atoms with E-state index in [4.69, 9.17) is 4.74 Å². The van der Waals surface area contributed by atoms with E-state index in [9.17, 15) is 9.59 Å². The van der Waals surface area contributed by atoms with Crippen LogP contribution in [0.15, 0.2) is 64.1 Å². The number of nitrogens with zero attached hydrogens (tertiary/aromatic N) is 5. The number of rotatable bonds is 14. The molecule has 2 amide bonds. The van der Waals surface area contributed by atoms with Crippen LogP contribution in [0.25, 0.3) is 5.69 Å². The number of unbranched alkanes of at least 4 members (excludes halogenated alkanes) is 1. The smallest absolute Gasteiger partial charge is 0.251 e. The summed E-state index contributed by atoms with van der Waals surface area (Å²) in [7, 11) is 0. The maximum atomic E-state index is 12.8. The fourth-order valence-electron chi connectivity index (χ4n) is 3.37. The number of para-hydroxylation sites is 1. The molecule has 4 rings (SSSR count). The summed E-state index contributed by atoms with van der Waals surface area (Å²) in [5, 5.41) is 23.4. The number of nitrogens with one attached hydrogen (secondary N) is 2. The van der Waals surface area contributed by atoms with Crippen molar-refractivity contribution in [2.75, 3.05) is 23.4 Å². The average molecular weight is 584 g/mol. The molecule has 0 spiro atoms. The number of carbonyl (C=O) groups excluding carboxylic acids is 2. The zero-order valence-corrected chi connectivity index (χ0v) is 24.1. The van der Waals surface area contributed by atoms with E-state index in [2.05, 4.69) is 38.0 Å². The second-order valence-corrected chi connectivity index (χ2v) is 11.6. The van der Waals surface area contributed by atoms with Gasteiger partial charge in [-0.1, -0.05) is 73.3 Å². The van der Waals surface area contributed by atoms with Crippen LogP contribution in [-0.4, -0.2) is 54.9 Å². The number of anilines is 1. The minimum absolute atomic E-state index is 0.111. The van der Waals surface area contributed by atoms with E-state index in [0.717, 1.165) is 34.4 Å². The Morgan fingerprint density at radius 1 is 0.974 bits per heavy atom. The number of hydrogen-bond acceptors (Lipinski definition) is 10. The Hall–Kier alpha value is -3.42. The molecule has 10 nitrogen and oxygen atoms in total. The molecule has 2 N–H and O–H groups in total. The van der Waals surface area contributed by atoms with Crippen molar-refractivity contribution in [3.63, 3.8) is 0 Å². The van der Waals surface area contributed by atoms with Crippen molar-refractivity contribution in [2.45, 2.75) is 42.7 Å². The molecule has 2 aromatic carbocycles. The van der Waals surface area contributed by atoms with Crippen molar-refractivity contribution in [3.8, 4) is 11.4 Å². The van der Waals surface area contributed by atoms with E-state index in [1.54, 1.807) is 36.0 Å². The molecular formula is C26H29N7O3S3. The third-order valence-corrected chi connectivity index (χ3v) is 8.04. The number of thioether (sulfide) groups is 2. The molecule has 0 fully saturated rings. The van der Waals surface area contributed by atoms with Gasteiger partial charge in [-0.25, -0.2) is 0 Å². The second kappa shape index (κ2) is 14.7. The van der Waals surface area contributed by atoms with Gasteiger partial charge in [-0.15, -0.1) is 20.4 Å². The molecule has 0 aliphatic carbocycles. The number of ether oxygens (including phenoxy) is 1. The highest BCUT2D eigenvalue weighted by atomic mass is 32.2. The monoisotopic (exact) mass is 583 g/mol. The van der Waals surface area contributed by atoms with Gasteiger partial charge in [0.15, 0.2) is 15.3 Å². The summed E-state index contributed by atoms with van der Waals surface area (Å²) in [5.74, 6) is 1.83. The summed E-state index contributed by atoms with van der Waals surface area (Å²) in [5.41, 5.74) is 1.35. The first-order chi connectivity index (χ1) is 19.1. The van der Waals surface area contributed by atoms with E-state index in [1.807, 2.05) is 41.8 Å². The normalized spacial score (nSPS) is 10.8. The minimum atomic E-state index is -0.232. The van der Waals surface area contributed by atoms with E-state index in [0.29, 0.717) is 28.3 Å². The lowest BCUT2D eigenvalue weighted by molar-refractivity contribution is -0.113. The summed E-state index contributed by atoms with van der Waals surface area (Å²) in [4.78, 5) is 25.4. The lowest BCUT2D eigenvalue weighted by atomic mass is 10.2. The van der Waals surface area contributed by atoms with Crippen molar-refractivity contribution in [2.24, 2.45) is 0 Å².